The predicted molar refractivity (Wildman–Crippen MR) is 135 cm³/mol. The Balaban J connectivity index is 1.97. The van der Waals surface area contributed by atoms with Crippen LogP contribution in [0.25, 0.3) is 0 Å². The molecule has 0 aliphatic rings. The fourth-order valence-corrected chi connectivity index (χ4v) is 9.52. The summed E-state index contributed by atoms with van der Waals surface area (Å²) < 4.78 is 19.7. The standard InChI is InChI=1S/C27H32O2SSi/c1-22-16-18-24(19-17-22)30(28)21-20-23(2)29-31(27(3,4)5,25-12-8-6-9-13-25)26-14-10-7-11-15-26/h6-21,23H,1-5H3/b21-20+/t23-,30?/m0/s1. The fraction of sp³-hybridized carbons (Fsp3) is 0.259. The van der Waals surface area contributed by atoms with E-state index in [2.05, 4.69) is 69.3 Å². The van der Waals surface area contributed by atoms with Crippen LogP contribution in [0.2, 0.25) is 5.04 Å². The van der Waals surface area contributed by atoms with Crippen LogP contribution in [0.5, 0.6) is 0 Å². The maximum atomic E-state index is 12.7. The van der Waals surface area contributed by atoms with E-state index in [0.29, 0.717) is 0 Å². The topological polar surface area (TPSA) is 26.3 Å². The first kappa shape index (κ1) is 23.4. The zero-order chi connectivity index (χ0) is 22.5. The van der Waals surface area contributed by atoms with Crippen molar-refractivity contribution in [2.24, 2.45) is 0 Å². The van der Waals surface area contributed by atoms with Gasteiger partial charge in [-0.2, -0.15) is 0 Å². The van der Waals surface area contributed by atoms with Gasteiger partial charge >= 0.3 is 0 Å². The molecule has 0 fully saturated rings. The number of hydrogen-bond donors (Lipinski definition) is 0. The van der Waals surface area contributed by atoms with Crippen LogP contribution >= 0.6 is 0 Å². The second-order valence-corrected chi connectivity index (χ2v) is 14.5. The highest BCUT2D eigenvalue weighted by atomic mass is 32.2. The maximum Gasteiger partial charge on any atom is 0.261 e. The molecule has 4 heteroatoms. The third-order valence-corrected chi connectivity index (χ3v) is 11.8. The summed E-state index contributed by atoms with van der Waals surface area (Å²) in [5, 5.41) is 4.16. The van der Waals surface area contributed by atoms with Crippen molar-refractivity contribution in [3.05, 3.63) is 102 Å². The zero-order valence-electron chi connectivity index (χ0n) is 19.0. The number of aryl methyl sites for hydroxylation is 1. The van der Waals surface area contributed by atoms with Gasteiger partial charge in [0.1, 0.15) is 0 Å². The van der Waals surface area contributed by atoms with Crippen molar-refractivity contribution in [1.82, 2.24) is 0 Å². The predicted octanol–water partition coefficient (Wildman–Crippen LogP) is 5.58. The van der Waals surface area contributed by atoms with Crippen molar-refractivity contribution in [2.75, 3.05) is 0 Å². The summed E-state index contributed by atoms with van der Waals surface area (Å²) >= 11 is 0. The summed E-state index contributed by atoms with van der Waals surface area (Å²) in [6.45, 7) is 10.9. The Kier molecular flexibility index (Phi) is 7.47. The first-order valence-corrected chi connectivity index (χ1v) is 13.8. The number of hydrogen-bond acceptors (Lipinski definition) is 2. The molecule has 31 heavy (non-hydrogen) atoms. The Morgan fingerprint density at radius 2 is 1.32 bits per heavy atom. The summed E-state index contributed by atoms with van der Waals surface area (Å²) in [4.78, 5) is 0.805. The zero-order valence-corrected chi connectivity index (χ0v) is 20.9. The van der Waals surface area contributed by atoms with E-state index in [1.165, 1.54) is 10.4 Å². The molecule has 162 valence electrons. The van der Waals surface area contributed by atoms with Crippen molar-refractivity contribution in [3.63, 3.8) is 0 Å². The first-order chi connectivity index (χ1) is 14.7. The van der Waals surface area contributed by atoms with Crippen LogP contribution in [0.1, 0.15) is 33.3 Å². The third-order valence-electron chi connectivity index (χ3n) is 5.51. The van der Waals surface area contributed by atoms with Crippen LogP contribution in [0.3, 0.4) is 0 Å². The maximum absolute atomic E-state index is 12.7. The van der Waals surface area contributed by atoms with E-state index in [-0.39, 0.29) is 11.1 Å². The van der Waals surface area contributed by atoms with Gasteiger partial charge in [0.25, 0.3) is 8.32 Å². The molecule has 0 aliphatic carbocycles. The Bertz CT molecular complexity index is 983. The molecule has 0 saturated carbocycles. The van der Waals surface area contributed by atoms with Crippen LogP contribution in [0, 0.1) is 6.92 Å². The van der Waals surface area contributed by atoms with Gasteiger partial charge in [-0.25, -0.2) is 4.21 Å². The van der Waals surface area contributed by atoms with Crippen molar-refractivity contribution < 1.29 is 8.63 Å². The van der Waals surface area contributed by atoms with Gasteiger partial charge in [0.15, 0.2) is 0 Å². The average molecular weight is 449 g/mol. The molecular formula is C27H32O2SSi. The lowest BCUT2D eigenvalue weighted by Crippen LogP contribution is -2.67. The highest BCUT2D eigenvalue weighted by Gasteiger charge is 2.50. The highest BCUT2D eigenvalue weighted by Crippen LogP contribution is 2.37. The second-order valence-electron chi connectivity index (χ2n) is 8.93. The quantitative estimate of drug-likeness (QED) is 0.441. The summed E-state index contributed by atoms with van der Waals surface area (Å²) in [5.41, 5.74) is 1.16. The minimum Gasteiger partial charge on any atom is -0.401 e. The van der Waals surface area contributed by atoms with E-state index in [1.54, 1.807) is 5.41 Å². The van der Waals surface area contributed by atoms with Gasteiger partial charge in [0.2, 0.25) is 0 Å². The molecule has 0 spiro atoms. The Morgan fingerprint density at radius 3 is 1.77 bits per heavy atom. The molecule has 0 aromatic heterocycles. The van der Waals surface area contributed by atoms with Gasteiger partial charge in [-0.1, -0.05) is 99.1 Å². The third kappa shape index (κ3) is 5.32. The van der Waals surface area contributed by atoms with Crippen LogP contribution in [-0.2, 0) is 15.2 Å². The molecule has 1 unspecified atom stereocenters. The van der Waals surface area contributed by atoms with E-state index in [1.807, 2.05) is 56.3 Å². The Labute approximate surface area is 190 Å². The summed E-state index contributed by atoms with van der Waals surface area (Å²) in [6, 6.07) is 29.0. The van der Waals surface area contributed by atoms with E-state index in [9.17, 15) is 4.21 Å². The van der Waals surface area contributed by atoms with Crippen LogP contribution in [0.4, 0.5) is 0 Å². The molecule has 0 bridgehead atoms. The van der Waals surface area contributed by atoms with Gasteiger partial charge < -0.3 is 4.43 Å². The average Bonchev–Trinajstić information content (AvgIpc) is 2.76. The van der Waals surface area contributed by atoms with Crippen LogP contribution < -0.4 is 10.4 Å². The van der Waals surface area contributed by atoms with Gasteiger partial charge in [-0.05, 0) is 47.5 Å². The number of rotatable bonds is 7. The smallest absolute Gasteiger partial charge is 0.261 e. The van der Waals surface area contributed by atoms with Gasteiger partial charge in [0.05, 0.1) is 16.9 Å². The molecule has 0 aliphatic heterocycles. The van der Waals surface area contributed by atoms with E-state index < -0.39 is 19.1 Å². The van der Waals surface area contributed by atoms with Gasteiger partial charge in [-0.3, -0.25) is 0 Å². The van der Waals surface area contributed by atoms with Crippen molar-refractivity contribution in [2.45, 2.75) is 50.7 Å². The monoisotopic (exact) mass is 448 g/mol. The van der Waals surface area contributed by atoms with Crippen LogP contribution in [-0.4, -0.2) is 18.6 Å². The molecule has 0 N–H and O–H groups in total. The molecule has 3 aromatic carbocycles. The van der Waals surface area contributed by atoms with Crippen molar-refractivity contribution in [1.29, 1.82) is 0 Å². The lowest BCUT2D eigenvalue weighted by Gasteiger charge is -2.44. The van der Waals surface area contributed by atoms with Crippen molar-refractivity contribution >= 4 is 29.5 Å². The molecule has 2 atom stereocenters. The molecule has 3 rings (SSSR count). The summed E-state index contributed by atoms with van der Waals surface area (Å²) in [5.74, 6) is 0. The minimum atomic E-state index is -2.62. The Hall–Kier alpha value is -2.27. The second kappa shape index (κ2) is 9.90. The SMILES string of the molecule is Cc1ccc(S(=O)/C=C/[C@H](C)O[Si](c2ccccc2)(c2ccccc2)C(C)(C)C)cc1. The van der Waals surface area contributed by atoms with Gasteiger partial charge in [0, 0.05) is 10.3 Å². The lowest BCUT2D eigenvalue weighted by atomic mass is 10.2. The number of benzene rings is 3. The molecule has 0 radical (unpaired) electrons. The largest absolute Gasteiger partial charge is 0.401 e. The van der Waals surface area contributed by atoms with E-state index >= 15 is 0 Å². The van der Waals surface area contributed by atoms with E-state index in [0.717, 1.165) is 10.5 Å². The molecule has 3 aromatic rings. The summed E-state index contributed by atoms with van der Waals surface area (Å²) in [7, 11) is -3.82. The minimum absolute atomic E-state index is 0.0894. The van der Waals surface area contributed by atoms with Gasteiger partial charge in [-0.15, -0.1) is 0 Å². The molecule has 0 amide bonds. The Morgan fingerprint density at radius 1 is 0.839 bits per heavy atom. The molecule has 0 heterocycles. The van der Waals surface area contributed by atoms with Crippen molar-refractivity contribution in [3.8, 4) is 0 Å². The normalized spacial score (nSPS) is 14.5. The first-order valence-electron chi connectivity index (χ1n) is 10.7. The molecular weight excluding hydrogens is 416 g/mol. The molecule has 0 saturated heterocycles. The van der Waals surface area contributed by atoms with Crippen LogP contribution in [0.15, 0.2) is 101 Å². The fourth-order valence-electron chi connectivity index (χ4n) is 3.94. The van der Waals surface area contributed by atoms with E-state index in [4.69, 9.17) is 4.43 Å². The molecule has 2 nitrogen and oxygen atoms in total. The highest BCUT2D eigenvalue weighted by molar-refractivity contribution is 7.88. The summed E-state index contributed by atoms with van der Waals surface area (Å²) in [6.07, 6.45) is 1.76. The lowest BCUT2D eigenvalue weighted by molar-refractivity contribution is 0.252.